The number of fused-ring (bicyclic) bond motifs is 1. The van der Waals surface area contributed by atoms with E-state index >= 15 is 0 Å². The van der Waals surface area contributed by atoms with Crippen LogP contribution in [-0.4, -0.2) is 134 Å². The summed E-state index contributed by atoms with van der Waals surface area (Å²) in [5, 5.41) is 95.2. The largest absolute Gasteiger partial charge is 0.508 e. The molecule has 3 aromatic carbocycles. The molecule has 18 heteroatoms. The molecule has 0 radical (unpaired) electrons. The van der Waals surface area contributed by atoms with E-state index in [0.717, 1.165) is 12.1 Å². The van der Waals surface area contributed by atoms with E-state index in [2.05, 4.69) is 0 Å². The van der Waals surface area contributed by atoms with Crippen LogP contribution in [0.4, 0.5) is 0 Å². The lowest BCUT2D eigenvalue weighted by molar-refractivity contribution is -0.342. The molecule has 0 unspecified atom stereocenters. The highest BCUT2D eigenvalue weighted by Crippen LogP contribution is 2.46. The van der Waals surface area contributed by atoms with E-state index in [-0.39, 0.29) is 45.3 Å². The highest BCUT2D eigenvalue weighted by atomic mass is 16.7. The standard InChI is InChI=1S/C38H40O18/c1-50-22-11-16(3-9-19(22)41)4-10-27(43)52-15-26-31(45)33(47)35(49)38(55-26)56-37-34(48)30(44)25(14-39)54-36(37)29-23(51-2)13-24-28(32(29)46)20(42)12-21(53-24)17-5-7-18(40)8-6-17/h3-13,25-26,30-31,33-41,44-49H,14-15H2,1-2H3/b10-4+/t25-,26+,30-,31-,33-,34-,35-,36-,37+,38+/m1/s1. The van der Waals surface area contributed by atoms with Crippen molar-refractivity contribution in [2.75, 3.05) is 27.4 Å². The summed E-state index contributed by atoms with van der Waals surface area (Å²) in [4.78, 5) is 26.0. The molecule has 0 aliphatic carbocycles. The lowest BCUT2D eigenvalue weighted by Gasteiger charge is -2.46. The number of aromatic hydroxyl groups is 3. The molecule has 0 saturated carbocycles. The maximum absolute atomic E-state index is 13.5. The van der Waals surface area contributed by atoms with Crippen LogP contribution in [-0.2, 0) is 23.7 Å². The Kier molecular flexibility index (Phi) is 12.1. The van der Waals surface area contributed by atoms with Crippen molar-refractivity contribution in [3.63, 3.8) is 0 Å². The molecule has 56 heavy (non-hydrogen) atoms. The maximum Gasteiger partial charge on any atom is 0.330 e. The molecule has 9 N–H and O–H groups in total. The molecule has 1 aromatic heterocycles. The summed E-state index contributed by atoms with van der Waals surface area (Å²) in [6, 6.07) is 12.5. The van der Waals surface area contributed by atoms with Gasteiger partial charge < -0.3 is 78.8 Å². The molecule has 3 heterocycles. The number of ether oxygens (including phenoxy) is 6. The van der Waals surface area contributed by atoms with Gasteiger partial charge in [-0.25, -0.2) is 4.79 Å². The SMILES string of the molecule is COc1cc(/C=C/C(=O)OC[C@@H]2O[C@@H](O[C@H]3[C@H](O)[C@H](O)[C@@H](CO)O[C@@H]3c3c(OC)cc4oc(-c5ccc(O)cc5)cc(=O)c4c3O)[C@H](O)[C@H](O)[C@@H]2O)ccc1O. The van der Waals surface area contributed by atoms with Crippen LogP contribution in [0.5, 0.6) is 28.7 Å². The van der Waals surface area contributed by atoms with Crippen LogP contribution in [0.1, 0.15) is 17.2 Å². The van der Waals surface area contributed by atoms with Crippen molar-refractivity contribution >= 4 is 23.0 Å². The zero-order valence-corrected chi connectivity index (χ0v) is 29.7. The third-order valence-electron chi connectivity index (χ3n) is 9.48. The number of carbonyl (C=O) groups is 1. The van der Waals surface area contributed by atoms with E-state index in [4.69, 9.17) is 32.8 Å². The molecule has 18 nitrogen and oxygen atoms in total. The number of methoxy groups -OCH3 is 2. The van der Waals surface area contributed by atoms with Gasteiger partial charge in [-0.2, -0.15) is 0 Å². The van der Waals surface area contributed by atoms with Crippen LogP contribution < -0.4 is 14.9 Å². The molecule has 6 rings (SSSR count). The Bertz CT molecular complexity index is 2110. The van der Waals surface area contributed by atoms with Crippen molar-refractivity contribution in [1.29, 1.82) is 0 Å². The molecular weight excluding hydrogens is 744 g/mol. The number of hydrogen-bond acceptors (Lipinski definition) is 18. The predicted molar refractivity (Wildman–Crippen MR) is 191 cm³/mol. The van der Waals surface area contributed by atoms with E-state index in [1.807, 2.05) is 0 Å². The zero-order chi connectivity index (χ0) is 40.4. The van der Waals surface area contributed by atoms with Crippen molar-refractivity contribution in [1.82, 2.24) is 0 Å². The second kappa shape index (κ2) is 16.8. The normalized spacial score (nSPS) is 28.0. The summed E-state index contributed by atoms with van der Waals surface area (Å²) in [5.74, 6) is -1.70. The first-order valence-electron chi connectivity index (χ1n) is 17.1. The molecule has 10 atom stereocenters. The summed E-state index contributed by atoms with van der Waals surface area (Å²) >= 11 is 0. The summed E-state index contributed by atoms with van der Waals surface area (Å²) in [7, 11) is 2.57. The second-order valence-electron chi connectivity index (χ2n) is 13.0. The highest BCUT2D eigenvalue weighted by Gasteiger charge is 2.52. The Hall–Kier alpha value is -5.28. The quantitative estimate of drug-likeness (QED) is 0.0725. The van der Waals surface area contributed by atoms with E-state index in [1.54, 1.807) is 0 Å². The Morgan fingerprint density at radius 1 is 0.804 bits per heavy atom. The van der Waals surface area contributed by atoms with Gasteiger partial charge in [0.25, 0.3) is 0 Å². The molecular formula is C38H40O18. The Morgan fingerprint density at radius 3 is 2.18 bits per heavy atom. The Balaban J connectivity index is 1.28. The number of esters is 1. The fourth-order valence-corrected chi connectivity index (χ4v) is 6.48. The lowest BCUT2D eigenvalue weighted by atomic mass is 9.89. The second-order valence-corrected chi connectivity index (χ2v) is 13.0. The van der Waals surface area contributed by atoms with Crippen LogP contribution >= 0.6 is 0 Å². The van der Waals surface area contributed by atoms with Gasteiger partial charge in [0, 0.05) is 23.8 Å². The molecule has 0 bridgehead atoms. The van der Waals surface area contributed by atoms with Crippen LogP contribution in [0.2, 0.25) is 0 Å². The van der Waals surface area contributed by atoms with Gasteiger partial charge in [-0.3, -0.25) is 4.79 Å². The molecule has 4 aromatic rings. The number of hydrogen-bond donors (Lipinski definition) is 9. The Labute approximate surface area is 317 Å². The molecule has 2 aliphatic heterocycles. The monoisotopic (exact) mass is 784 g/mol. The smallest absolute Gasteiger partial charge is 0.330 e. The van der Waals surface area contributed by atoms with Crippen LogP contribution in [0, 0.1) is 0 Å². The summed E-state index contributed by atoms with van der Waals surface area (Å²) < 4.78 is 39.2. The maximum atomic E-state index is 13.5. The molecule has 0 spiro atoms. The van der Waals surface area contributed by atoms with Gasteiger partial charge in [0.15, 0.2) is 23.2 Å². The number of carbonyl (C=O) groups excluding carboxylic acids is 1. The molecule has 300 valence electrons. The van der Waals surface area contributed by atoms with Gasteiger partial charge in [0.2, 0.25) is 0 Å². The topological polar surface area (TPSA) is 285 Å². The van der Waals surface area contributed by atoms with E-state index in [1.165, 1.54) is 68.8 Å². The van der Waals surface area contributed by atoms with Crippen molar-refractivity contribution in [2.24, 2.45) is 0 Å². The highest BCUT2D eigenvalue weighted by molar-refractivity contribution is 5.88. The van der Waals surface area contributed by atoms with Gasteiger partial charge in [-0.15, -0.1) is 0 Å². The minimum Gasteiger partial charge on any atom is -0.508 e. The summed E-state index contributed by atoms with van der Waals surface area (Å²) in [6.07, 6.45) is -15.5. The first-order chi connectivity index (χ1) is 26.8. The predicted octanol–water partition coefficient (Wildman–Crippen LogP) is 0.197. The number of rotatable bonds is 11. The first kappa shape index (κ1) is 40.4. The Morgan fingerprint density at radius 2 is 1.50 bits per heavy atom. The number of aliphatic hydroxyl groups is 6. The summed E-state index contributed by atoms with van der Waals surface area (Å²) in [6.45, 7) is -1.50. The van der Waals surface area contributed by atoms with Crippen molar-refractivity contribution in [2.45, 2.75) is 61.2 Å². The molecule has 2 fully saturated rings. The minimum absolute atomic E-state index is 0.0214. The van der Waals surface area contributed by atoms with Crippen molar-refractivity contribution < 1.29 is 83.6 Å². The van der Waals surface area contributed by atoms with Gasteiger partial charge in [-0.05, 0) is 48.0 Å². The van der Waals surface area contributed by atoms with Crippen molar-refractivity contribution in [3.05, 3.63) is 82.0 Å². The number of phenols is 3. The van der Waals surface area contributed by atoms with Gasteiger partial charge in [0.05, 0.1) is 26.4 Å². The summed E-state index contributed by atoms with van der Waals surface area (Å²) in [5.41, 5.74) is -0.256. The molecule has 2 aliphatic rings. The van der Waals surface area contributed by atoms with Gasteiger partial charge in [0.1, 0.15) is 95.5 Å². The van der Waals surface area contributed by atoms with Gasteiger partial charge in [-0.1, -0.05) is 6.07 Å². The number of aliphatic hydroxyl groups excluding tert-OH is 6. The molecule has 2 saturated heterocycles. The minimum atomic E-state index is -2.00. The fourth-order valence-electron chi connectivity index (χ4n) is 6.48. The van der Waals surface area contributed by atoms with Crippen LogP contribution in [0.3, 0.4) is 0 Å². The average Bonchev–Trinajstić information content (AvgIpc) is 3.19. The van der Waals surface area contributed by atoms with E-state index < -0.39 is 91.6 Å². The first-order valence-corrected chi connectivity index (χ1v) is 17.1. The van der Waals surface area contributed by atoms with Gasteiger partial charge >= 0.3 is 5.97 Å². The van der Waals surface area contributed by atoms with E-state index in [9.17, 15) is 55.5 Å². The van der Waals surface area contributed by atoms with Crippen LogP contribution in [0.25, 0.3) is 28.4 Å². The third kappa shape index (κ3) is 8.01. The average molecular weight is 785 g/mol. The third-order valence-corrected chi connectivity index (χ3v) is 9.48. The zero-order valence-electron chi connectivity index (χ0n) is 29.7. The van der Waals surface area contributed by atoms with Crippen LogP contribution in [0.15, 0.2) is 69.9 Å². The van der Waals surface area contributed by atoms with Crippen molar-refractivity contribution in [3.8, 4) is 40.1 Å². The number of phenolic OH excluding ortho intramolecular Hbond substituents is 3. The molecule has 0 amide bonds. The van der Waals surface area contributed by atoms with E-state index in [0.29, 0.717) is 11.1 Å². The number of benzene rings is 3. The lowest BCUT2D eigenvalue weighted by Crippen LogP contribution is -2.63. The fraction of sp³-hybridized carbons (Fsp3) is 0.368.